The Morgan fingerprint density at radius 2 is 1.86 bits per heavy atom. The minimum atomic E-state index is -3.02. The average Bonchev–Trinajstić information content (AvgIpc) is 2.77. The molecule has 186 valence electrons. The van der Waals surface area contributed by atoms with Gasteiger partial charge in [-0.25, -0.2) is 23.1 Å². The van der Waals surface area contributed by atoms with Crippen LogP contribution in [0, 0.1) is 11.2 Å². The molecule has 0 atom stereocenters. The third kappa shape index (κ3) is 7.23. The van der Waals surface area contributed by atoms with Crippen molar-refractivity contribution in [2.75, 3.05) is 43.0 Å². The predicted molar refractivity (Wildman–Crippen MR) is 137 cm³/mol. The molecule has 0 aliphatic rings. The Hall–Kier alpha value is -3.02. The summed E-state index contributed by atoms with van der Waals surface area (Å²) in [6, 6.07) is 11.2. The maximum Gasteiger partial charge on any atom is 0.277 e. The number of nitrogen functional groups attached to an aromatic ring is 1. The van der Waals surface area contributed by atoms with Gasteiger partial charge in [0.05, 0.1) is 23.5 Å². The van der Waals surface area contributed by atoms with Crippen molar-refractivity contribution in [3.8, 4) is 11.4 Å². The molecule has 3 rings (SSSR count). The van der Waals surface area contributed by atoms with E-state index in [0.717, 1.165) is 11.9 Å². The summed E-state index contributed by atoms with van der Waals surface area (Å²) in [5, 5.41) is 11.0. The molecule has 1 aromatic heterocycles. The summed E-state index contributed by atoms with van der Waals surface area (Å²) in [7, 11) is 3.12. The zero-order valence-corrected chi connectivity index (χ0v) is 20.9. The minimum absolute atomic E-state index is 0.00937. The first-order valence-corrected chi connectivity index (χ1v) is 11.6. The van der Waals surface area contributed by atoms with Crippen molar-refractivity contribution in [2.24, 2.45) is 0 Å². The van der Waals surface area contributed by atoms with Crippen molar-refractivity contribution in [3.63, 3.8) is 0 Å². The molecule has 0 saturated heterocycles. The maximum atomic E-state index is 14.2. The van der Waals surface area contributed by atoms with Crippen molar-refractivity contribution < 1.29 is 13.2 Å². The Bertz CT molecular complexity index is 1210. The maximum absolute atomic E-state index is 14.2. The first kappa shape index (κ1) is 26.6. The van der Waals surface area contributed by atoms with Crippen LogP contribution in [0.2, 0.25) is 5.02 Å². The number of nitrogens with one attached hydrogen (secondary N) is 3. The van der Waals surface area contributed by atoms with E-state index in [1.807, 2.05) is 0 Å². The monoisotopic (exact) mass is 523 g/mol. The molecule has 1 heterocycles. The normalized spacial score (nSPS) is 11.5. The van der Waals surface area contributed by atoms with E-state index in [0.29, 0.717) is 21.2 Å². The fraction of sp³-hybridized carbons (Fsp3) is 0.261. The van der Waals surface area contributed by atoms with Gasteiger partial charge in [-0.05, 0) is 75.4 Å². The highest BCUT2D eigenvalue weighted by Gasteiger charge is 2.30. The summed E-state index contributed by atoms with van der Waals surface area (Å²) in [6.07, 6.45) is 0. The van der Waals surface area contributed by atoms with E-state index in [4.69, 9.17) is 22.7 Å². The zero-order chi connectivity index (χ0) is 25.8. The highest BCUT2D eigenvalue weighted by Crippen LogP contribution is 2.29. The molecule has 0 aliphatic heterocycles. The van der Waals surface area contributed by atoms with Crippen LogP contribution in [0.25, 0.3) is 11.4 Å². The molecule has 2 aromatic carbocycles. The number of nitrogens with zero attached hydrogens (tertiary/aromatic N) is 3. The lowest BCUT2D eigenvalue weighted by Crippen LogP contribution is -2.38. The van der Waals surface area contributed by atoms with E-state index in [1.54, 1.807) is 38.4 Å². The summed E-state index contributed by atoms with van der Waals surface area (Å²) < 4.78 is 45.4. The van der Waals surface area contributed by atoms with Crippen LogP contribution in [0.3, 0.4) is 0 Å². The molecule has 12 heteroatoms. The molecule has 5 N–H and O–H groups in total. The lowest BCUT2D eigenvalue weighted by atomic mass is 10.1. The lowest BCUT2D eigenvalue weighted by molar-refractivity contribution is -0.00808. The number of alkyl halides is 2. The molecule has 0 aliphatic carbocycles. The van der Waals surface area contributed by atoms with Gasteiger partial charge in [-0.2, -0.15) is 0 Å². The van der Waals surface area contributed by atoms with Gasteiger partial charge in [0.25, 0.3) is 5.92 Å². The van der Waals surface area contributed by atoms with Gasteiger partial charge < -0.3 is 26.1 Å². The van der Waals surface area contributed by atoms with E-state index < -0.39 is 24.8 Å². The predicted octanol–water partition coefficient (Wildman–Crippen LogP) is 5.63. The smallest absolute Gasteiger partial charge is 0.277 e. The summed E-state index contributed by atoms with van der Waals surface area (Å²) in [6.45, 7) is 0.359. The highest BCUT2D eigenvalue weighted by molar-refractivity contribution is 8.00. The third-order valence-corrected chi connectivity index (χ3v) is 5.79. The fourth-order valence-electron chi connectivity index (χ4n) is 3.19. The molecular weight excluding hydrogens is 499 g/mol. The Kier molecular flexibility index (Phi) is 8.47. The fourth-order valence-corrected chi connectivity index (χ4v) is 4.15. The molecule has 0 fully saturated rings. The largest absolute Gasteiger partial charge is 0.383 e. The van der Waals surface area contributed by atoms with Crippen molar-refractivity contribution in [1.82, 2.24) is 14.9 Å². The van der Waals surface area contributed by atoms with Gasteiger partial charge in [-0.1, -0.05) is 11.6 Å². The Labute approximate surface area is 210 Å². The number of hydrogen-bond donors (Lipinski definition) is 4. The van der Waals surface area contributed by atoms with Gasteiger partial charge in [-0.15, -0.1) is 0 Å². The van der Waals surface area contributed by atoms with Gasteiger partial charge in [0.15, 0.2) is 5.82 Å². The van der Waals surface area contributed by atoms with Crippen molar-refractivity contribution >= 4 is 46.6 Å². The number of anilines is 3. The van der Waals surface area contributed by atoms with E-state index in [1.165, 1.54) is 30.0 Å². The van der Waals surface area contributed by atoms with E-state index in [-0.39, 0.29) is 28.7 Å². The minimum Gasteiger partial charge on any atom is -0.383 e. The molecule has 3 aromatic rings. The number of rotatable bonds is 10. The molecule has 35 heavy (non-hydrogen) atoms. The Balaban J connectivity index is 1.81. The van der Waals surface area contributed by atoms with Gasteiger partial charge in [0.2, 0.25) is 0 Å². The first-order chi connectivity index (χ1) is 16.4. The Morgan fingerprint density at radius 3 is 2.49 bits per heavy atom. The van der Waals surface area contributed by atoms with Crippen molar-refractivity contribution in [1.29, 1.82) is 5.41 Å². The summed E-state index contributed by atoms with van der Waals surface area (Å²) in [5.74, 6) is -3.14. The topological polar surface area (TPSA) is 103 Å². The molecule has 0 unspecified atom stereocenters. The standard InChI is InChI=1S/C23H25ClF3N7S/c1-13(28)19-20(29)31-21(32-22(19)30-11-23(26,27)12-34(2)3)14-4-7-16(8-5-14)33-35-18-10-15(24)6-9-17(18)25/h4-10,28,33H,11-12H2,1-3H3,(H3,29,30,31,32). The van der Waals surface area contributed by atoms with Crippen molar-refractivity contribution in [2.45, 2.75) is 17.7 Å². The van der Waals surface area contributed by atoms with Gasteiger partial charge in [-0.3, -0.25) is 0 Å². The van der Waals surface area contributed by atoms with Crippen LogP contribution in [0.5, 0.6) is 0 Å². The lowest BCUT2D eigenvalue weighted by Gasteiger charge is -2.22. The second-order valence-electron chi connectivity index (χ2n) is 8.08. The van der Waals surface area contributed by atoms with Crippen LogP contribution in [0.1, 0.15) is 12.5 Å². The Morgan fingerprint density at radius 1 is 1.17 bits per heavy atom. The van der Waals surface area contributed by atoms with Crippen LogP contribution in [-0.2, 0) is 0 Å². The molecule has 7 nitrogen and oxygen atoms in total. The van der Waals surface area contributed by atoms with Gasteiger partial charge in [0, 0.05) is 22.0 Å². The number of benzene rings is 2. The van der Waals surface area contributed by atoms with E-state index in [9.17, 15) is 13.2 Å². The summed E-state index contributed by atoms with van der Waals surface area (Å²) in [4.78, 5) is 10.4. The molecule has 0 radical (unpaired) electrons. The van der Waals surface area contributed by atoms with Crippen LogP contribution < -0.4 is 15.8 Å². The molecule has 0 bridgehead atoms. The summed E-state index contributed by atoms with van der Waals surface area (Å²) >= 11 is 6.99. The van der Waals surface area contributed by atoms with Gasteiger partial charge >= 0.3 is 0 Å². The number of nitrogens with two attached hydrogens (primary N) is 1. The summed E-state index contributed by atoms with van der Waals surface area (Å²) in [5.41, 5.74) is 7.55. The van der Waals surface area contributed by atoms with Crippen LogP contribution in [0.4, 0.5) is 30.5 Å². The molecular formula is C23H25ClF3N7S. The zero-order valence-electron chi connectivity index (χ0n) is 19.3. The third-order valence-electron chi connectivity index (χ3n) is 4.69. The molecule has 0 saturated carbocycles. The second-order valence-corrected chi connectivity index (χ2v) is 9.37. The molecule has 0 spiro atoms. The first-order valence-electron chi connectivity index (χ1n) is 10.4. The van der Waals surface area contributed by atoms with Crippen LogP contribution in [0.15, 0.2) is 47.4 Å². The number of halogens is 4. The van der Waals surface area contributed by atoms with Crippen LogP contribution >= 0.6 is 23.5 Å². The van der Waals surface area contributed by atoms with E-state index >= 15 is 0 Å². The second kappa shape index (κ2) is 11.1. The highest BCUT2D eigenvalue weighted by atomic mass is 35.5. The van der Waals surface area contributed by atoms with E-state index in [2.05, 4.69) is 20.0 Å². The SMILES string of the molecule is CC(=N)c1c(N)nc(-c2ccc(NSc3cc(Cl)ccc3F)cc2)nc1NCC(F)(F)CN(C)C. The molecule has 0 amide bonds. The average molecular weight is 524 g/mol. The van der Waals surface area contributed by atoms with Crippen LogP contribution in [-0.4, -0.2) is 53.7 Å². The van der Waals surface area contributed by atoms with Crippen molar-refractivity contribution in [3.05, 3.63) is 58.9 Å². The quantitative estimate of drug-likeness (QED) is 0.201. The number of aromatic nitrogens is 2. The number of hydrogen-bond acceptors (Lipinski definition) is 8. The van der Waals surface area contributed by atoms with Gasteiger partial charge in [0.1, 0.15) is 17.5 Å².